The van der Waals surface area contributed by atoms with Gasteiger partial charge in [0.1, 0.15) is 17.0 Å². The molecule has 0 atom stereocenters. The van der Waals surface area contributed by atoms with E-state index in [4.69, 9.17) is 9.51 Å². The Bertz CT molecular complexity index is 1700. The van der Waals surface area contributed by atoms with E-state index >= 15 is 4.39 Å². The van der Waals surface area contributed by atoms with Gasteiger partial charge in [-0.15, -0.1) is 0 Å². The molecule has 1 aliphatic rings. The van der Waals surface area contributed by atoms with Gasteiger partial charge < -0.3 is 19.7 Å². The number of piperidine rings is 1. The molecule has 1 saturated heterocycles. The van der Waals surface area contributed by atoms with Crippen LogP contribution in [0.2, 0.25) is 0 Å². The molecule has 0 radical (unpaired) electrons. The van der Waals surface area contributed by atoms with E-state index < -0.39 is 11.7 Å². The van der Waals surface area contributed by atoms with E-state index in [0.717, 1.165) is 24.3 Å². The van der Waals surface area contributed by atoms with Crippen LogP contribution in [0.1, 0.15) is 62.1 Å². The molecule has 0 bridgehead atoms. The summed E-state index contributed by atoms with van der Waals surface area (Å²) in [5.41, 5.74) is 4.38. The summed E-state index contributed by atoms with van der Waals surface area (Å²) in [5, 5.41) is 6.50. The first-order valence-corrected chi connectivity index (χ1v) is 13.7. The minimum absolute atomic E-state index is 0.0322. The second-order valence-corrected chi connectivity index (χ2v) is 11.3. The Kier molecular flexibility index (Phi) is 6.94. The minimum Gasteiger partial charge on any atom is -0.370 e. The molecule has 0 saturated carbocycles. The number of aromatic nitrogens is 6. The van der Waals surface area contributed by atoms with Gasteiger partial charge in [-0.25, -0.2) is 14.4 Å². The van der Waals surface area contributed by atoms with Gasteiger partial charge in [-0.05, 0) is 49.1 Å². The van der Waals surface area contributed by atoms with Gasteiger partial charge >= 0.3 is 11.8 Å². The molecule has 10 nitrogen and oxygen atoms in total. The summed E-state index contributed by atoms with van der Waals surface area (Å²) < 4.78 is 20.2. The van der Waals surface area contributed by atoms with Gasteiger partial charge in [0.15, 0.2) is 17.3 Å². The van der Waals surface area contributed by atoms with Crippen molar-refractivity contribution in [1.29, 1.82) is 0 Å². The van der Waals surface area contributed by atoms with Crippen molar-refractivity contribution in [1.82, 2.24) is 35.4 Å². The number of aromatic amines is 1. The van der Waals surface area contributed by atoms with Crippen LogP contribution in [-0.4, -0.2) is 49.1 Å². The van der Waals surface area contributed by atoms with Crippen molar-refractivity contribution in [2.24, 2.45) is 0 Å². The van der Waals surface area contributed by atoms with E-state index in [-0.39, 0.29) is 17.9 Å². The number of hydrogen-bond donors (Lipinski definition) is 2. The summed E-state index contributed by atoms with van der Waals surface area (Å²) in [5.74, 6) is -0.154. The zero-order valence-electron chi connectivity index (χ0n) is 23.2. The maximum atomic E-state index is 15.2. The number of carbonyl (C=O) groups is 1. The number of rotatable bonds is 6. The summed E-state index contributed by atoms with van der Waals surface area (Å²) in [4.78, 5) is 36.1. The summed E-state index contributed by atoms with van der Waals surface area (Å²) in [7, 11) is 0. The van der Waals surface area contributed by atoms with Crippen LogP contribution in [-0.2, 0) is 12.0 Å². The Hall–Kier alpha value is -4.67. The monoisotopic (exact) mass is 554 g/mol. The fourth-order valence-electron chi connectivity index (χ4n) is 4.86. The lowest BCUT2D eigenvalue weighted by Gasteiger charge is -2.28. The third kappa shape index (κ3) is 5.52. The number of nitrogens with zero attached hydrogens (tertiary/aromatic N) is 6. The van der Waals surface area contributed by atoms with Crippen LogP contribution in [0.3, 0.4) is 0 Å². The Morgan fingerprint density at radius 1 is 1.07 bits per heavy atom. The molecule has 1 amide bonds. The fraction of sp³-hybridized carbons (Fsp3) is 0.333. The van der Waals surface area contributed by atoms with Crippen LogP contribution in [0.4, 0.5) is 10.1 Å². The maximum Gasteiger partial charge on any atom is 0.315 e. The number of nitrogens with one attached hydrogen (secondary N) is 2. The SMILES string of the molecule is CC(C)(C)c1noc(C(=O)NCc2ccc(-c3ccnc4[nH]c(-c5ccc(N6CCCCC6)cn5)nc34)cc2F)n1. The van der Waals surface area contributed by atoms with Crippen molar-refractivity contribution in [3.05, 3.63) is 71.9 Å². The molecule has 1 fully saturated rings. The highest BCUT2D eigenvalue weighted by Crippen LogP contribution is 2.30. The smallest absolute Gasteiger partial charge is 0.315 e. The summed E-state index contributed by atoms with van der Waals surface area (Å²) in [6, 6.07) is 10.7. The number of benzene rings is 1. The zero-order chi connectivity index (χ0) is 28.6. The zero-order valence-corrected chi connectivity index (χ0v) is 23.2. The van der Waals surface area contributed by atoms with E-state index in [1.54, 1.807) is 24.4 Å². The average molecular weight is 555 g/mol. The van der Waals surface area contributed by atoms with Gasteiger partial charge in [0.25, 0.3) is 0 Å². The van der Waals surface area contributed by atoms with Crippen molar-refractivity contribution >= 4 is 22.8 Å². The third-order valence-electron chi connectivity index (χ3n) is 7.19. The number of pyridine rings is 2. The molecule has 4 aromatic heterocycles. The topological polar surface area (TPSA) is 126 Å². The normalized spacial score (nSPS) is 14.0. The maximum absolute atomic E-state index is 15.2. The van der Waals surface area contributed by atoms with Gasteiger partial charge in [0.05, 0.1) is 11.9 Å². The number of carbonyl (C=O) groups excluding carboxylic acids is 1. The average Bonchev–Trinajstić information content (AvgIpc) is 3.65. The highest BCUT2D eigenvalue weighted by atomic mass is 19.1. The van der Waals surface area contributed by atoms with Crippen LogP contribution in [0.15, 0.2) is 53.3 Å². The lowest BCUT2D eigenvalue weighted by molar-refractivity contribution is 0.0906. The van der Waals surface area contributed by atoms with Crippen LogP contribution in [0.5, 0.6) is 0 Å². The molecular weight excluding hydrogens is 523 g/mol. The molecule has 5 heterocycles. The first kappa shape index (κ1) is 26.5. The first-order chi connectivity index (χ1) is 19.8. The second-order valence-electron chi connectivity index (χ2n) is 11.3. The van der Waals surface area contributed by atoms with Crippen molar-refractivity contribution in [3.8, 4) is 22.6 Å². The summed E-state index contributed by atoms with van der Waals surface area (Å²) >= 11 is 0. The Morgan fingerprint density at radius 3 is 2.61 bits per heavy atom. The van der Waals surface area contributed by atoms with Gasteiger partial charge in [-0.2, -0.15) is 4.98 Å². The standard InChI is InChI=1S/C30H31FN8O2/c1-30(2,3)29-37-28(41-38-29)27(40)34-16-19-8-7-18(15-22(19)31)21-11-12-32-26-24(21)35-25(36-26)23-10-9-20(17-33-23)39-13-5-4-6-14-39/h7-12,15,17H,4-6,13-14,16H2,1-3H3,(H,34,40)(H,32,35,36). The van der Waals surface area contributed by atoms with E-state index in [1.165, 1.54) is 25.3 Å². The highest BCUT2D eigenvalue weighted by Gasteiger charge is 2.24. The molecule has 2 N–H and O–H groups in total. The van der Waals surface area contributed by atoms with Gasteiger partial charge in [-0.3, -0.25) is 9.78 Å². The molecule has 210 valence electrons. The molecular formula is C30H31FN8O2. The molecule has 11 heteroatoms. The van der Waals surface area contributed by atoms with Crippen LogP contribution in [0, 0.1) is 5.82 Å². The number of imidazole rings is 1. The van der Waals surface area contributed by atoms with E-state index in [1.807, 2.05) is 33.0 Å². The molecule has 6 rings (SSSR count). The molecule has 1 aromatic carbocycles. The van der Waals surface area contributed by atoms with Crippen LogP contribution >= 0.6 is 0 Å². The van der Waals surface area contributed by atoms with Crippen molar-refractivity contribution in [2.45, 2.75) is 52.0 Å². The Morgan fingerprint density at radius 2 is 1.90 bits per heavy atom. The quantitative estimate of drug-likeness (QED) is 0.285. The molecule has 0 unspecified atom stereocenters. The van der Waals surface area contributed by atoms with Gasteiger partial charge in [0.2, 0.25) is 0 Å². The highest BCUT2D eigenvalue weighted by molar-refractivity contribution is 5.91. The fourth-order valence-corrected chi connectivity index (χ4v) is 4.86. The molecule has 0 aliphatic carbocycles. The van der Waals surface area contributed by atoms with Crippen molar-refractivity contribution in [3.63, 3.8) is 0 Å². The number of amides is 1. The lowest BCUT2D eigenvalue weighted by Crippen LogP contribution is -2.29. The van der Waals surface area contributed by atoms with Crippen molar-refractivity contribution in [2.75, 3.05) is 18.0 Å². The Balaban J connectivity index is 1.19. The molecule has 5 aromatic rings. The number of anilines is 1. The van der Waals surface area contributed by atoms with Gasteiger partial charge in [-0.1, -0.05) is 38.1 Å². The van der Waals surface area contributed by atoms with Crippen LogP contribution < -0.4 is 10.2 Å². The number of halogens is 1. The second kappa shape index (κ2) is 10.7. The molecule has 41 heavy (non-hydrogen) atoms. The number of fused-ring (bicyclic) bond motifs is 1. The molecule has 0 spiro atoms. The predicted molar refractivity (Wildman–Crippen MR) is 153 cm³/mol. The Labute approximate surface area is 236 Å². The number of hydrogen-bond acceptors (Lipinski definition) is 8. The minimum atomic E-state index is -0.561. The van der Waals surface area contributed by atoms with Crippen LogP contribution in [0.25, 0.3) is 33.8 Å². The molecule has 1 aliphatic heterocycles. The van der Waals surface area contributed by atoms with Gasteiger partial charge in [0, 0.05) is 42.4 Å². The first-order valence-electron chi connectivity index (χ1n) is 13.7. The number of H-pyrrole nitrogens is 1. The predicted octanol–water partition coefficient (Wildman–Crippen LogP) is 5.43. The van der Waals surface area contributed by atoms with E-state index in [2.05, 4.69) is 41.4 Å². The van der Waals surface area contributed by atoms with E-state index in [0.29, 0.717) is 39.6 Å². The summed E-state index contributed by atoms with van der Waals surface area (Å²) in [6.07, 6.45) is 7.23. The largest absolute Gasteiger partial charge is 0.370 e. The van der Waals surface area contributed by atoms with E-state index in [9.17, 15) is 4.79 Å². The lowest BCUT2D eigenvalue weighted by atomic mass is 9.96. The third-order valence-corrected chi connectivity index (χ3v) is 7.19. The van der Waals surface area contributed by atoms with Crippen molar-refractivity contribution < 1.29 is 13.7 Å². The summed E-state index contributed by atoms with van der Waals surface area (Å²) in [6.45, 7) is 7.83.